The van der Waals surface area contributed by atoms with Gasteiger partial charge >= 0.3 is 0 Å². The normalized spacial score (nSPS) is 9.00. The van der Waals surface area contributed by atoms with Crippen molar-refractivity contribution in [3.05, 3.63) is 0 Å². The van der Waals surface area contributed by atoms with Crippen molar-refractivity contribution in [1.29, 1.82) is 10.7 Å². The number of nitrogens with two attached hydrogens (primary N) is 1. The standard InChI is InChI=1S/C7H14N4O/c1-12-6-5-11(7(9)10)4-2-3-8/h2,4-6H2,1H3,(H3,9,10). The number of hydrogen-bond donors (Lipinski definition) is 2. The molecule has 0 saturated heterocycles. The third-order valence-electron chi connectivity index (χ3n) is 1.40. The zero-order valence-electron chi connectivity index (χ0n) is 7.21. The van der Waals surface area contributed by atoms with E-state index in [4.69, 9.17) is 21.1 Å². The van der Waals surface area contributed by atoms with Crippen molar-refractivity contribution in [3.8, 4) is 6.07 Å². The van der Waals surface area contributed by atoms with Crippen molar-refractivity contribution in [1.82, 2.24) is 4.90 Å². The van der Waals surface area contributed by atoms with Gasteiger partial charge in [0, 0.05) is 20.2 Å². The summed E-state index contributed by atoms with van der Waals surface area (Å²) in [7, 11) is 1.59. The number of hydrogen-bond acceptors (Lipinski definition) is 3. The van der Waals surface area contributed by atoms with Crippen LogP contribution in [-0.4, -0.2) is 37.7 Å². The lowest BCUT2D eigenvalue weighted by Crippen LogP contribution is -2.39. The van der Waals surface area contributed by atoms with Gasteiger partial charge in [0.25, 0.3) is 0 Å². The van der Waals surface area contributed by atoms with E-state index in [1.807, 2.05) is 6.07 Å². The number of ether oxygens (including phenoxy) is 1. The molecule has 0 bridgehead atoms. The Morgan fingerprint density at radius 3 is 2.75 bits per heavy atom. The summed E-state index contributed by atoms with van der Waals surface area (Å²) < 4.78 is 4.83. The second kappa shape index (κ2) is 6.43. The van der Waals surface area contributed by atoms with Crippen LogP contribution in [0.1, 0.15) is 6.42 Å². The highest BCUT2D eigenvalue weighted by Gasteiger charge is 2.04. The molecule has 0 aliphatic rings. The first-order valence-corrected chi connectivity index (χ1v) is 3.67. The van der Waals surface area contributed by atoms with Gasteiger partial charge in [0.05, 0.1) is 19.1 Å². The number of nitriles is 1. The average Bonchev–Trinajstić information content (AvgIpc) is 2.04. The fourth-order valence-electron chi connectivity index (χ4n) is 0.739. The van der Waals surface area contributed by atoms with Gasteiger partial charge in [0.1, 0.15) is 0 Å². The van der Waals surface area contributed by atoms with E-state index in [-0.39, 0.29) is 5.96 Å². The Morgan fingerprint density at radius 2 is 2.33 bits per heavy atom. The number of methoxy groups -OCH3 is 1. The first-order chi connectivity index (χ1) is 5.72. The van der Waals surface area contributed by atoms with E-state index in [1.165, 1.54) is 0 Å². The molecule has 3 N–H and O–H groups in total. The third kappa shape index (κ3) is 4.52. The van der Waals surface area contributed by atoms with Gasteiger partial charge in [-0.1, -0.05) is 0 Å². The molecule has 0 spiro atoms. The molecule has 0 radical (unpaired) electrons. The summed E-state index contributed by atoms with van der Waals surface area (Å²) in [5.74, 6) is -0.0118. The van der Waals surface area contributed by atoms with Gasteiger partial charge in [-0.25, -0.2) is 0 Å². The number of guanidine groups is 1. The molecule has 0 aliphatic carbocycles. The van der Waals surface area contributed by atoms with Gasteiger partial charge in [0.2, 0.25) is 0 Å². The first-order valence-electron chi connectivity index (χ1n) is 3.67. The highest BCUT2D eigenvalue weighted by atomic mass is 16.5. The Bertz CT molecular complexity index is 175. The summed E-state index contributed by atoms with van der Waals surface area (Å²) in [6.45, 7) is 1.58. The highest BCUT2D eigenvalue weighted by molar-refractivity contribution is 5.74. The molecule has 0 amide bonds. The summed E-state index contributed by atoms with van der Waals surface area (Å²) in [5, 5.41) is 15.5. The molecule has 0 aromatic heterocycles. The minimum Gasteiger partial charge on any atom is -0.383 e. The first kappa shape index (κ1) is 10.7. The second-order valence-electron chi connectivity index (χ2n) is 2.27. The molecule has 5 nitrogen and oxygen atoms in total. The van der Waals surface area contributed by atoms with Crippen molar-refractivity contribution in [2.24, 2.45) is 5.73 Å². The molecule has 12 heavy (non-hydrogen) atoms. The summed E-state index contributed by atoms with van der Waals surface area (Å²) in [4.78, 5) is 1.60. The van der Waals surface area contributed by atoms with Crippen LogP contribution in [0, 0.1) is 16.7 Å². The molecule has 68 valence electrons. The lowest BCUT2D eigenvalue weighted by atomic mass is 10.4. The van der Waals surface area contributed by atoms with Crippen LogP contribution in [-0.2, 0) is 4.74 Å². The molecular formula is C7H14N4O. The quantitative estimate of drug-likeness (QED) is 0.439. The van der Waals surface area contributed by atoms with E-state index in [0.717, 1.165) is 0 Å². The van der Waals surface area contributed by atoms with E-state index >= 15 is 0 Å². The van der Waals surface area contributed by atoms with Crippen molar-refractivity contribution >= 4 is 5.96 Å². The Kier molecular flexibility index (Phi) is 5.75. The van der Waals surface area contributed by atoms with Crippen LogP contribution in [0.25, 0.3) is 0 Å². The molecule has 0 fully saturated rings. The molecule has 5 heteroatoms. The van der Waals surface area contributed by atoms with Crippen molar-refractivity contribution in [2.45, 2.75) is 6.42 Å². The molecular weight excluding hydrogens is 156 g/mol. The van der Waals surface area contributed by atoms with E-state index < -0.39 is 0 Å². The minimum atomic E-state index is -0.0118. The van der Waals surface area contributed by atoms with Crippen LogP contribution in [0.15, 0.2) is 0 Å². The van der Waals surface area contributed by atoms with Crippen LogP contribution in [0.3, 0.4) is 0 Å². The van der Waals surface area contributed by atoms with Gasteiger partial charge in [-0.3, -0.25) is 5.41 Å². The van der Waals surface area contributed by atoms with Gasteiger partial charge in [-0.05, 0) is 0 Å². The Morgan fingerprint density at radius 1 is 1.67 bits per heavy atom. The third-order valence-corrected chi connectivity index (χ3v) is 1.40. The minimum absolute atomic E-state index is 0.0118. The molecule has 0 unspecified atom stereocenters. The van der Waals surface area contributed by atoms with Crippen LogP contribution in [0.4, 0.5) is 0 Å². The smallest absolute Gasteiger partial charge is 0.188 e. The van der Waals surface area contributed by atoms with Crippen LogP contribution in [0.5, 0.6) is 0 Å². The van der Waals surface area contributed by atoms with Crippen LogP contribution >= 0.6 is 0 Å². The topological polar surface area (TPSA) is 86.1 Å². The van der Waals surface area contributed by atoms with E-state index in [2.05, 4.69) is 0 Å². The fourth-order valence-corrected chi connectivity index (χ4v) is 0.739. The van der Waals surface area contributed by atoms with Crippen molar-refractivity contribution in [2.75, 3.05) is 26.8 Å². The predicted octanol–water partition coefficient (Wildman–Crippen LogP) is -0.258. The zero-order valence-corrected chi connectivity index (χ0v) is 7.21. The second-order valence-corrected chi connectivity index (χ2v) is 2.27. The van der Waals surface area contributed by atoms with E-state index in [9.17, 15) is 0 Å². The van der Waals surface area contributed by atoms with Gasteiger partial charge < -0.3 is 15.4 Å². The lowest BCUT2D eigenvalue weighted by Gasteiger charge is -2.20. The van der Waals surface area contributed by atoms with E-state index in [1.54, 1.807) is 12.0 Å². The van der Waals surface area contributed by atoms with Crippen molar-refractivity contribution < 1.29 is 4.74 Å². The summed E-state index contributed by atoms with van der Waals surface area (Å²) in [6.07, 6.45) is 0.378. The largest absolute Gasteiger partial charge is 0.383 e. The molecule has 0 rings (SSSR count). The molecule has 0 aromatic rings. The van der Waals surface area contributed by atoms with Crippen LogP contribution in [0.2, 0.25) is 0 Å². The maximum Gasteiger partial charge on any atom is 0.188 e. The van der Waals surface area contributed by atoms with E-state index in [0.29, 0.717) is 26.1 Å². The Labute approximate surface area is 72.2 Å². The predicted molar refractivity (Wildman–Crippen MR) is 45.6 cm³/mol. The summed E-state index contributed by atoms with van der Waals surface area (Å²) >= 11 is 0. The molecule has 0 atom stereocenters. The molecule has 0 heterocycles. The highest BCUT2D eigenvalue weighted by Crippen LogP contribution is 1.89. The monoisotopic (exact) mass is 170 g/mol. The van der Waals surface area contributed by atoms with Crippen LogP contribution < -0.4 is 5.73 Å². The number of rotatable bonds is 5. The van der Waals surface area contributed by atoms with Gasteiger partial charge in [-0.2, -0.15) is 5.26 Å². The van der Waals surface area contributed by atoms with Gasteiger partial charge in [-0.15, -0.1) is 0 Å². The summed E-state index contributed by atoms with van der Waals surface area (Å²) in [5.41, 5.74) is 5.26. The maximum absolute atomic E-state index is 8.30. The lowest BCUT2D eigenvalue weighted by molar-refractivity contribution is 0.176. The fraction of sp³-hybridized carbons (Fsp3) is 0.714. The molecule has 0 aliphatic heterocycles. The van der Waals surface area contributed by atoms with Crippen molar-refractivity contribution in [3.63, 3.8) is 0 Å². The average molecular weight is 170 g/mol. The molecule has 0 saturated carbocycles. The number of nitrogens with zero attached hydrogens (tertiary/aromatic N) is 2. The SMILES string of the molecule is COCCN(CCC#N)C(=N)N. The number of nitrogens with one attached hydrogen (secondary N) is 1. The van der Waals surface area contributed by atoms with Gasteiger partial charge in [0.15, 0.2) is 5.96 Å². The zero-order chi connectivity index (χ0) is 9.40. The summed E-state index contributed by atoms with van der Waals surface area (Å²) in [6, 6.07) is 1.99. The maximum atomic E-state index is 8.30. The Hall–Kier alpha value is -1.28. The molecule has 0 aromatic carbocycles. The Balaban J connectivity index is 3.72.